The van der Waals surface area contributed by atoms with Gasteiger partial charge in [-0.2, -0.15) is 0 Å². The van der Waals surface area contributed by atoms with Crippen molar-refractivity contribution < 1.29 is 4.79 Å². The number of carbonyl (C=O) groups is 1. The van der Waals surface area contributed by atoms with E-state index >= 15 is 0 Å². The van der Waals surface area contributed by atoms with Crippen molar-refractivity contribution in [2.45, 2.75) is 50.9 Å². The van der Waals surface area contributed by atoms with E-state index in [1.54, 1.807) is 0 Å². The van der Waals surface area contributed by atoms with Crippen LogP contribution in [0.15, 0.2) is 0 Å². The molecule has 76 valence electrons. The van der Waals surface area contributed by atoms with Crippen molar-refractivity contribution in [3.05, 3.63) is 0 Å². The van der Waals surface area contributed by atoms with Crippen LogP contribution in [-0.2, 0) is 4.79 Å². The molecule has 13 heavy (non-hydrogen) atoms. The molecule has 1 heterocycles. The largest absolute Gasteiger partial charge is 0.339 e. The van der Waals surface area contributed by atoms with Gasteiger partial charge in [-0.05, 0) is 32.6 Å². The summed E-state index contributed by atoms with van der Waals surface area (Å²) in [4.78, 5) is 13.7. The van der Waals surface area contributed by atoms with Gasteiger partial charge in [0.25, 0.3) is 0 Å². The van der Waals surface area contributed by atoms with E-state index in [0.29, 0.717) is 6.04 Å². The summed E-state index contributed by atoms with van der Waals surface area (Å²) in [6.45, 7) is 4.95. The van der Waals surface area contributed by atoms with Crippen molar-refractivity contribution in [1.82, 2.24) is 4.90 Å². The Morgan fingerprint density at radius 2 is 2.31 bits per heavy atom. The average molecular weight is 204 g/mol. The molecule has 1 saturated heterocycles. The van der Waals surface area contributed by atoms with Gasteiger partial charge in [0, 0.05) is 12.6 Å². The van der Waals surface area contributed by atoms with E-state index in [2.05, 4.69) is 6.92 Å². The number of nitrogens with zero attached hydrogens (tertiary/aromatic N) is 1. The van der Waals surface area contributed by atoms with Gasteiger partial charge in [-0.3, -0.25) is 4.79 Å². The summed E-state index contributed by atoms with van der Waals surface area (Å²) < 4.78 is 0. The molecule has 2 atom stereocenters. The minimum absolute atomic E-state index is 0.122. The molecule has 1 amide bonds. The van der Waals surface area contributed by atoms with Gasteiger partial charge in [0.05, 0.1) is 0 Å². The van der Waals surface area contributed by atoms with Crippen molar-refractivity contribution >= 4 is 17.5 Å². The molecule has 1 rings (SSSR count). The first-order valence-corrected chi connectivity index (χ1v) is 5.55. The highest BCUT2D eigenvalue weighted by Crippen LogP contribution is 2.19. The molecule has 0 aromatic carbocycles. The van der Waals surface area contributed by atoms with Crippen LogP contribution >= 0.6 is 11.6 Å². The number of alkyl halides is 1. The zero-order valence-corrected chi connectivity index (χ0v) is 9.18. The Kier molecular flexibility index (Phi) is 4.04. The fourth-order valence-corrected chi connectivity index (χ4v) is 1.91. The fraction of sp³-hybridized carbons (Fsp3) is 0.900. The molecular weight excluding hydrogens is 186 g/mol. The van der Waals surface area contributed by atoms with Crippen LogP contribution in [0.1, 0.15) is 39.5 Å². The zero-order chi connectivity index (χ0) is 9.84. The van der Waals surface area contributed by atoms with Crippen LogP contribution in [0.5, 0.6) is 0 Å². The van der Waals surface area contributed by atoms with Gasteiger partial charge in [-0.1, -0.05) is 6.92 Å². The fourth-order valence-electron chi connectivity index (χ4n) is 1.78. The highest BCUT2D eigenvalue weighted by atomic mass is 35.5. The Morgan fingerprint density at radius 3 is 2.85 bits per heavy atom. The zero-order valence-electron chi connectivity index (χ0n) is 8.42. The number of likely N-dealkylation sites (tertiary alicyclic amines) is 1. The standard InChI is InChI=1S/C10H18ClNO/c1-3-9(11)10(13)12-7-5-4-6-8(12)2/h8-9H,3-7H2,1-2H3/t8-,9+/m1/s1. The maximum atomic E-state index is 11.7. The summed E-state index contributed by atoms with van der Waals surface area (Å²) in [6.07, 6.45) is 4.22. The lowest BCUT2D eigenvalue weighted by Crippen LogP contribution is -2.45. The van der Waals surface area contributed by atoms with E-state index in [1.165, 1.54) is 6.42 Å². The summed E-state index contributed by atoms with van der Waals surface area (Å²) in [5, 5.41) is -0.319. The Hall–Kier alpha value is -0.240. The number of carbonyl (C=O) groups excluding carboxylic acids is 1. The second-order valence-electron chi connectivity index (χ2n) is 3.75. The van der Waals surface area contributed by atoms with Crippen LogP contribution in [-0.4, -0.2) is 28.8 Å². The quantitative estimate of drug-likeness (QED) is 0.632. The third-order valence-corrected chi connectivity index (χ3v) is 3.21. The number of halogens is 1. The molecular formula is C10H18ClNO. The van der Waals surface area contributed by atoms with Gasteiger partial charge < -0.3 is 4.90 Å². The van der Waals surface area contributed by atoms with Gasteiger partial charge in [-0.25, -0.2) is 0 Å². The smallest absolute Gasteiger partial charge is 0.240 e. The molecule has 0 spiro atoms. The lowest BCUT2D eigenvalue weighted by atomic mass is 10.0. The number of amides is 1. The maximum absolute atomic E-state index is 11.7. The third-order valence-electron chi connectivity index (χ3n) is 2.71. The van der Waals surface area contributed by atoms with E-state index in [1.807, 2.05) is 11.8 Å². The van der Waals surface area contributed by atoms with Crippen LogP contribution in [0.2, 0.25) is 0 Å². The Bertz CT molecular complexity index is 184. The molecule has 0 saturated carbocycles. The van der Waals surface area contributed by atoms with Gasteiger partial charge in [-0.15, -0.1) is 11.6 Å². The Labute approximate surface area is 85.2 Å². The maximum Gasteiger partial charge on any atom is 0.240 e. The summed E-state index contributed by atoms with van der Waals surface area (Å²) in [7, 11) is 0. The first-order valence-electron chi connectivity index (χ1n) is 5.11. The topological polar surface area (TPSA) is 20.3 Å². The molecule has 2 nitrogen and oxygen atoms in total. The number of rotatable bonds is 2. The van der Waals surface area contributed by atoms with Gasteiger partial charge in [0.2, 0.25) is 5.91 Å². The molecule has 0 aromatic rings. The van der Waals surface area contributed by atoms with Gasteiger partial charge in [0.15, 0.2) is 0 Å². The number of hydrogen-bond donors (Lipinski definition) is 0. The molecule has 1 fully saturated rings. The van der Waals surface area contributed by atoms with Gasteiger partial charge >= 0.3 is 0 Å². The monoisotopic (exact) mass is 203 g/mol. The average Bonchev–Trinajstić information content (AvgIpc) is 2.16. The van der Waals surface area contributed by atoms with Gasteiger partial charge in [0.1, 0.15) is 5.38 Å². The van der Waals surface area contributed by atoms with Crippen LogP contribution in [0.3, 0.4) is 0 Å². The SMILES string of the molecule is CC[C@H](Cl)C(=O)N1CCCC[C@H]1C. The van der Waals surface area contributed by atoms with Crippen molar-refractivity contribution in [1.29, 1.82) is 0 Å². The first-order chi connectivity index (χ1) is 6.16. The second-order valence-corrected chi connectivity index (χ2v) is 4.28. The molecule has 1 aliphatic heterocycles. The summed E-state index contributed by atoms with van der Waals surface area (Å²) in [5.74, 6) is 0.122. The number of piperidine rings is 1. The van der Waals surface area contributed by atoms with E-state index in [9.17, 15) is 4.79 Å². The van der Waals surface area contributed by atoms with Crippen molar-refractivity contribution in [2.75, 3.05) is 6.54 Å². The number of hydrogen-bond acceptors (Lipinski definition) is 1. The minimum Gasteiger partial charge on any atom is -0.339 e. The molecule has 0 radical (unpaired) electrons. The lowest BCUT2D eigenvalue weighted by molar-refractivity contribution is -0.134. The highest BCUT2D eigenvalue weighted by molar-refractivity contribution is 6.30. The highest BCUT2D eigenvalue weighted by Gasteiger charge is 2.26. The predicted molar refractivity (Wildman–Crippen MR) is 55.0 cm³/mol. The van der Waals surface area contributed by atoms with E-state index in [-0.39, 0.29) is 11.3 Å². The minimum atomic E-state index is -0.319. The second kappa shape index (κ2) is 4.85. The van der Waals surface area contributed by atoms with E-state index in [0.717, 1.165) is 25.8 Å². The van der Waals surface area contributed by atoms with E-state index < -0.39 is 0 Å². The predicted octanol–water partition coefficient (Wildman–Crippen LogP) is 2.40. The molecule has 0 aromatic heterocycles. The van der Waals surface area contributed by atoms with Crippen LogP contribution < -0.4 is 0 Å². The van der Waals surface area contributed by atoms with Crippen LogP contribution in [0, 0.1) is 0 Å². The summed E-state index contributed by atoms with van der Waals surface area (Å²) >= 11 is 5.92. The van der Waals surface area contributed by atoms with Crippen molar-refractivity contribution in [3.63, 3.8) is 0 Å². The van der Waals surface area contributed by atoms with Crippen LogP contribution in [0.4, 0.5) is 0 Å². The first kappa shape index (κ1) is 10.8. The third kappa shape index (κ3) is 2.60. The molecule has 0 N–H and O–H groups in total. The Balaban J connectivity index is 2.53. The van der Waals surface area contributed by atoms with Crippen LogP contribution in [0.25, 0.3) is 0 Å². The van der Waals surface area contributed by atoms with E-state index in [4.69, 9.17) is 11.6 Å². The summed E-state index contributed by atoms with van der Waals surface area (Å²) in [5.41, 5.74) is 0. The molecule has 1 aliphatic rings. The molecule has 0 aliphatic carbocycles. The van der Waals surface area contributed by atoms with Crippen molar-refractivity contribution in [2.24, 2.45) is 0 Å². The molecule has 0 bridgehead atoms. The van der Waals surface area contributed by atoms with Crippen molar-refractivity contribution in [3.8, 4) is 0 Å². The molecule has 0 unspecified atom stereocenters. The molecule has 3 heteroatoms. The summed E-state index contributed by atoms with van der Waals surface area (Å²) in [6, 6.07) is 0.383. The normalized spacial score (nSPS) is 25.8. The lowest BCUT2D eigenvalue weighted by Gasteiger charge is -2.34. The Morgan fingerprint density at radius 1 is 1.62 bits per heavy atom.